The van der Waals surface area contributed by atoms with Gasteiger partial charge < -0.3 is 0 Å². The standard InChI is InChI=1S/C9H6FN5S/c10-7-3-1-6(2-4-7)8-5-16-9-11-13-14-15(9)12-8/h1-5,12H. The zero-order valence-corrected chi connectivity index (χ0v) is 8.78. The first-order chi connectivity index (χ1) is 7.83. The first kappa shape index (κ1) is 9.34. The summed E-state index contributed by atoms with van der Waals surface area (Å²) in [5.74, 6) is -0.254. The van der Waals surface area contributed by atoms with E-state index < -0.39 is 0 Å². The summed E-state index contributed by atoms with van der Waals surface area (Å²) in [4.78, 5) is 1.48. The Morgan fingerprint density at radius 3 is 2.88 bits per heavy atom. The van der Waals surface area contributed by atoms with Crippen molar-refractivity contribution in [2.24, 2.45) is 0 Å². The number of hydrogen-bond donors (Lipinski definition) is 1. The van der Waals surface area contributed by atoms with E-state index >= 15 is 0 Å². The number of aromatic nitrogens is 4. The second-order valence-electron chi connectivity index (χ2n) is 3.14. The molecule has 5 nitrogen and oxygen atoms in total. The lowest BCUT2D eigenvalue weighted by Gasteiger charge is -2.14. The highest BCUT2D eigenvalue weighted by molar-refractivity contribution is 8.02. The molecular formula is C9H6FN5S. The lowest BCUT2D eigenvalue weighted by Crippen LogP contribution is -2.18. The largest absolute Gasteiger partial charge is 0.273 e. The Kier molecular flexibility index (Phi) is 2.10. The molecule has 1 N–H and O–H groups in total. The number of nitrogens with one attached hydrogen (secondary N) is 1. The minimum Gasteiger partial charge on any atom is -0.273 e. The molecule has 7 heteroatoms. The maximum absolute atomic E-state index is 12.8. The maximum atomic E-state index is 12.8. The topological polar surface area (TPSA) is 55.6 Å². The first-order valence-corrected chi connectivity index (χ1v) is 5.39. The minimum absolute atomic E-state index is 0.254. The number of thioether (sulfide) groups is 1. The number of nitrogens with zero attached hydrogens (tertiary/aromatic N) is 4. The number of benzene rings is 1. The fourth-order valence-electron chi connectivity index (χ4n) is 1.34. The number of halogens is 1. The molecule has 16 heavy (non-hydrogen) atoms. The van der Waals surface area contributed by atoms with Gasteiger partial charge in [0.15, 0.2) is 0 Å². The monoisotopic (exact) mass is 235 g/mol. The van der Waals surface area contributed by atoms with E-state index in [1.165, 1.54) is 28.7 Å². The summed E-state index contributed by atoms with van der Waals surface area (Å²) in [7, 11) is 0. The van der Waals surface area contributed by atoms with Gasteiger partial charge in [0.2, 0.25) is 5.16 Å². The van der Waals surface area contributed by atoms with Crippen molar-refractivity contribution in [2.75, 3.05) is 5.43 Å². The minimum atomic E-state index is -0.254. The van der Waals surface area contributed by atoms with Crippen LogP contribution < -0.4 is 5.43 Å². The van der Waals surface area contributed by atoms with Crippen LogP contribution in [0.25, 0.3) is 5.70 Å². The predicted molar refractivity (Wildman–Crippen MR) is 57.4 cm³/mol. The van der Waals surface area contributed by atoms with E-state index in [0.29, 0.717) is 5.16 Å². The number of tetrazole rings is 1. The average Bonchev–Trinajstić information content (AvgIpc) is 2.77. The van der Waals surface area contributed by atoms with Crippen molar-refractivity contribution >= 4 is 17.5 Å². The van der Waals surface area contributed by atoms with E-state index in [-0.39, 0.29) is 5.82 Å². The highest BCUT2D eigenvalue weighted by atomic mass is 32.2. The Bertz CT molecular complexity index is 547. The highest BCUT2D eigenvalue weighted by Crippen LogP contribution is 2.26. The van der Waals surface area contributed by atoms with Gasteiger partial charge in [0.25, 0.3) is 0 Å². The van der Waals surface area contributed by atoms with Crippen molar-refractivity contribution in [3.8, 4) is 0 Å². The predicted octanol–water partition coefficient (Wildman–Crippen LogP) is 1.46. The molecule has 80 valence electrons. The summed E-state index contributed by atoms with van der Waals surface area (Å²) in [6.45, 7) is 0. The molecule has 1 aromatic heterocycles. The molecule has 0 spiro atoms. The molecule has 2 aromatic rings. The molecule has 0 atom stereocenters. The van der Waals surface area contributed by atoms with Crippen molar-refractivity contribution in [3.63, 3.8) is 0 Å². The molecule has 0 saturated carbocycles. The molecule has 0 unspecified atom stereocenters. The van der Waals surface area contributed by atoms with E-state index in [0.717, 1.165) is 11.3 Å². The van der Waals surface area contributed by atoms with Gasteiger partial charge in [-0.2, -0.15) is 0 Å². The summed E-state index contributed by atoms with van der Waals surface area (Å²) < 4.78 is 12.8. The van der Waals surface area contributed by atoms with E-state index in [1.807, 2.05) is 5.41 Å². The first-order valence-electron chi connectivity index (χ1n) is 4.51. The van der Waals surface area contributed by atoms with Crippen LogP contribution in [0.5, 0.6) is 0 Å². The Morgan fingerprint density at radius 2 is 2.06 bits per heavy atom. The van der Waals surface area contributed by atoms with E-state index in [2.05, 4.69) is 21.0 Å². The van der Waals surface area contributed by atoms with Crippen LogP contribution in [0.2, 0.25) is 0 Å². The van der Waals surface area contributed by atoms with Gasteiger partial charge in [0, 0.05) is 11.0 Å². The molecule has 1 aliphatic heterocycles. The lowest BCUT2D eigenvalue weighted by atomic mass is 10.2. The van der Waals surface area contributed by atoms with Crippen LogP contribution in [0.3, 0.4) is 0 Å². The normalized spacial score (nSPS) is 13.9. The lowest BCUT2D eigenvalue weighted by molar-refractivity contribution is 0.627. The van der Waals surface area contributed by atoms with Gasteiger partial charge in [-0.25, -0.2) is 4.39 Å². The number of fused-ring (bicyclic) bond motifs is 1. The van der Waals surface area contributed by atoms with Gasteiger partial charge in [0.05, 0.1) is 5.70 Å². The van der Waals surface area contributed by atoms with Crippen molar-refractivity contribution in [2.45, 2.75) is 5.16 Å². The average molecular weight is 235 g/mol. The summed E-state index contributed by atoms with van der Waals surface area (Å²) in [6.07, 6.45) is 0. The SMILES string of the molecule is Fc1ccc(C2=CSc3nnnn3N2)cc1. The molecule has 3 rings (SSSR count). The van der Waals surface area contributed by atoms with Gasteiger partial charge in [-0.15, -0.1) is 4.79 Å². The highest BCUT2D eigenvalue weighted by Gasteiger charge is 2.14. The molecule has 2 heterocycles. The van der Waals surface area contributed by atoms with E-state index in [1.54, 1.807) is 12.1 Å². The third-order valence-corrected chi connectivity index (χ3v) is 2.92. The fourth-order valence-corrected chi connectivity index (χ4v) is 2.01. The van der Waals surface area contributed by atoms with Crippen molar-refractivity contribution in [1.82, 2.24) is 20.3 Å². The molecule has 0 saturated heterocycles. The van der Waals surface area contributed by atoms with Crippen molar-refractivity contribution < 1.29 is 4.39 Å². The van der Waals surface area contributed by atoms with E-state index in [4.69, 9.17) is 0 Å². The second-order valence-corrected chi connectivity index (χ2v) is 3.98. The number of rotatable bonds is 1. The Labute approximate surface area is 94.3 Å². The van der Waals surface area contributed by atoms with Gasteiger partial charge in [-0.05, 0) is 34.7 Å². The summed E-state index contributed by atoms with van der Waals surface area (Å²) >= 11 is 1.41. The summed E-state index contributed by atoms with van der Waals surface area (Å²) in [5.41, 5.74) is 4.73. The fraction of sp³-hybridized carbons (Fsp3) is 0. The summed E-state index contributed by atoms with van der Waals surface area (Å²) in [6, 6.07) is 6.23. The molecule has 1 aliphatic rings. The Morgan fingerprint density at radius 1 is 1.25 bits per heavy atom. The molecule has 0 fully saturated rings. The van der Waals surface area contributed by atoms with Crippen LogP contribution in [-0.2, 0) is 0 Å². The zero-order valence-electron chi connectivity index (χ0n) is 7.96. The van der Waals surface area contributed by atoms with Gasteiger partial charge in [-0.1, -0.05) is 16.9 Å². The summed E-state index contributed by atoms with van der Waals surface area (Å²) in [5, 5.41) is 13.6. The molecule has 0 radical (unpaired) electrons. The Balaban J connectivity index is 1.92. The van der Waals surface area contributed by atoms with Crippen molar-refractivity contribution in [3.05, 3.63) is 41.1 Å². The van der Waals surface area contributed by atoms with Crippen LogP contribution in [0, 0.1) is 5.82 Å². The van der Waals surface area contributed by atoms with Crippen LogP contribution in [0.1, 0.15) is 5.56 Å². The second kappa shape index (κ2) is 3.60. The van der Waals surface area contributed by atoms with Crippen LogP contribution in [0.15, 0.2) is 34.8 Å². The molecule has 0 aliphatic carbocycles. The molecule has 0 bridgehead atoms. The quantitative estimate of drug-likeness (QED) is 0.811. The molecule has 1 aromatic carbocycles. The van der Waals surface area contributed by atoms with Crippen LogP contribution in [0.4, 0.5) is 4.39 Å². The van der Waals surface area contributed by atoms with Gasteiger partial charge in [0.1, 0.15) is 5.82 Å². The third-order valence-electron chi connectivity index (χ3n) is 2.10. The van der Waals surface area contributed by atoms with Crippen LogP contribution >= 0.6 is 11.8 Å². The Hall–Kier alpha value is -1.89. The van der Waals surface area contributed by atoms with Gasteiger partial charge >= 0.3 is 0 Å². The van der Waals surface area contributed by atoms with Gasteiger partial charge in [-0.3, -0.25) is 5.43 Å². The smallest absolute Gasteiger partial charge is 0.235 e. The van der Waals surface area contributed by atoms with E-state index in [9.17, 15) is 4.39 Å². The van der Waals surface area contributed by atoms with Crippen LogP contribution in [-0.4, -0.2) is 20.3 Å². The molecule has 0 amide bonds. The zero-order chi connectivity index (χ0) is 11.0. The number of hydrogen-bond acceptors (Lipinski definition) is 5. The maximum Gasteiger partial charge on any atom is 0.235 e. The van der Waals surface area contributed by atoms with Crippen molar-refractivity contribution in [1.29, 1.82) is 0 Å². The molecular weight excluding hydrogens is 229 g/mol. The third kappa shape index (κ3) is 1.54.